The van der Waals surface area contributed by atoms with Gasteiger partial charge in [0.25, 0.3) is 0 Å². The van der Waals surface area contributed by atoms with Crippen LogP contribution in [0.2, 0.25) is 5.02 Å². The first kappa shape index (κ1) is 30.3. The third-order valence-electron chi connectivity index (χ3n) is 6.79. The van der Waals surface area contributed by atoms with E-state index >= 15 is 0 Å². The van der Waals surface area contributed by atoms with Crippen LogP contribution in [0.15, 0.2) is 48.7 Å². The van der Waals surface area contributed by atoms with Gasteiger partial charge in [-0.3, -0.25) is 4.90 Å². The number of amides is 1. The number of carbonyl (C=O) groups is 1. The predicted octanol–water partition coefficient (Wildman–Crippen LogP) is 5.50. The number of rotatable bonds is 13. The lowest BCUT2D eigenvalue weighted by Crippen LogP contribution is -2.46. The first-order valence-electron chi connectivity index (χ1n) is 13.7. The van der Waals surface area contributed by atoms with E-state index in [1.54, 1.807) is 25.3 Å². The van der Waals surface area contributed by atoms with E-state index in [-0.39, 0.29) is 23.9 Å². The Morgan fingerprint density at radius 2 is 1.85 bits per heavy atom. The van der Waals surface area contributed by atoms with E-state index in [1.807, 2.05) is 0 Å². The van der Waals surface area contributed by atoms with E-state index in [9.17, 15) is 14.3 Å². The van der Waals surface area contributed by atoms with Gasteiger partial charge in [0.1, 0.15) is 11.6 Å². The lowest BCUT2D eigenvalue weighted by molar-refractivity contribution is 0.126. The highest BCUT2D eigenvalue weighted by molar-refractivity contribution is 6.30. The molecule has 220 valence electrons. The lowest BCUT2D eigenvalue weighted by Gasteiger charge is -2.34. The van der Waals surface area contributed by atoms with Gasteiger partial charge in [-0.05, 0) is 55.8 Å². The van der Waals surface area contributed by atoms with Crippen LogP contribution < -0.4 is 19.7 Å². The molecule has 1 aromatic heterocycles. The maximum Gasteiger partial charge on any atom is 0.413 e. The number of anilines is 3. The molecule has 1 saturated heterocycles. The SMILES string of the molecule is CCCN1CCN(CCCOc2ccc(Nc3nccc(N(Cc4cc(Cl)ccc4F)C(=O)O)n3)cc2OC)CC1. The van der Waals surface area contributed by atoms with Crippen molar-refractivity contribution in [2.45, 2.75) is 26.3 Å². The highest BCUT2D eigenvalue weighted by Gasteiger charge is 2.20. The second-order valence-corrected chi connectivity index (χ2v) is 10.2. The molecule has 0 bridgehead atoms. The predicted molar refractivity (Wildman–Crippen MR) is 157 cm³/mol. The Balaban J connectivity index is 1.34. The molecule has 41 heavy (non-hydrogen) atoms. The summed E-state index contributed by atoms with van der Waals surface area (Å²) in [5.41, 5.74) is 0.752. The maximum atomic E-state index is 14.3. The van der Waals surface area contributed by atoms with Gasteiger partial charge in [-0.1, -0.05) is 18.5 Å². The van der Waals surface area contributed by atoms with Crippen molar-refractivity contribution in [3.63, 3.8) is 0 Å². The molecule has 0 radical (unpaired) electrons. The molecule has 0 unspecified atom stereocenters. The molecule has 2 aromatic carbocycles. The zero-order valence-electron chi connectivity index (χ0n) is 23.4. The molecule has 0 spiro atoms. The zero-order valence-corrected chi connectivity index (χ0v) is 24.1. The largest absolute Gasteiger partial charge is 0.493 e. The first-order chi connectivity index (χ1) is 19.9. The first-order valence-corrected chi connectivity index (χ1v) is 14.0. The van der Waals surface area contributed by atoms with Crippen molar-refractivity contribution in [3.05, 3.63) is 65.1 Å². The highest BCUT2D eigenvalue weighted by Crippen LogP contribution is 2.31. The van der Waals surface area contributed by atoms with Gasteiger partial charge in [-0.25, -0.2) is 14.2 Å². The van der Waals surface area contributed by atoms with Crippen molar-refractivity contribution in [1.29, 1.82) is 0 Å². The molecule has 3 aromatic rings. The second kappa shape index (κ2) is 14.8. The van der Waals surface area contributed by atoms with E-state index in [0.29, 0.717) is 28.8 Å². The minimum atomic E-state index is -1.30. The van der Waals surface area contributed by atoms with Crippen LogP contribution in [0.4, 0.5) is 26.6 Å². The van der Waals surface area contributed by atoms with Crippen LogP contribution in [0.5, 0.6) is 11.5 Å². The molecule has 2 heterocycles. The number of aromatic nitrogens is 2. The number of piperazine rings is 1. The number of ether oxygens (including phenoxy) is 2. The van der Waals surface area contributed by atoms with Crippen molar-refractivity contribution in [1.82, 2.24) is 19.8 Å². The van der Waals surface area contributed by atoms with E-state index < -0.39 is 11.9 Å². The Kier molecular flexibility index (Phi) is 10.9. The molecular weight excluding hydrogens is 551 g/mol. The third-order valence-corrected chi connectivity index (χ3v) is 7.02. The molecule has 12 heteroatoms. The molecule has 0 aliphatic carbocycles. The topological polar surface area (TPSA) is 103 Å². The van der Waals surface area contributed by atoms with E-state index in [2.05, 4.69) is 32.0 Å². The maximum absolute atomic E-state index is 14.3. The van der Waals surface area contributed by atoms with Gasteiger partial charge in [0, 0.05) is 61.3 Å². The summed E-state index contributed by atoms with van der Waals surface area (Å²) in [6.07, 6.45) is 2.24. The van der Waals surface area contributed by atoms with Gasteiger partial charge in [-0.2, -0.15) is 4.98 Å². The van der Waals surface area contributed by atoms with Gasteiger partial charge < -0.3 is 29.7 Å². The van der Waals surface area contributed by atoms with Crippen molar-refractivity contribution in [3.8, 4) is 11.5 Å². The summed E-state index contributed by atoms with van der Waals surface area (Å²) in [6, 6.07) is 10.8. The summed E-state index contributed by atoms with van der Waals surface area (Å²) >= 11 is 5.97. The molecule has 1 fully saturated rings. The van der Waals surface area contributed by atoms with Crippen LogP contribution in [0.1, 0.15) is 25.3 Å². The fourth-order valence-corrected chi connectivity index (χ4v) is 4.85. The molecule has 0 atom stereocenters. The number of methoxy groups -OCH3 is 1. The van der Waals surface area contributed by atoms with E-state index in [4.69, 9.17) is 21.1 Å². The van der Waals surface area contributed by atoms with Crippen LogP contribution in [-0.2, 0) is 6.54 Å². The molecule has 1 amide bonds. The Hall–Kier alpha value is -3.67. The number of carboxylic acid groups (broad SMARTS) is 1. The second-order valence-electron chi connectivity index (χ2n) is 9.72. The van der Waals surface area contributed by atoms with Crippen molar-refractivity contribution in [2.75, 3.05) is 63.2 Å². The van der Waals surface area contributed by atoms with Gasteiger partial charge in [-0.15, -0.1) is 0 Å². The summed E-state index contributed by atoms with van der Waals surface area (Å²) < 4.78 is 25.8. The van der Waals surface area contributed by atoms with Gasteiger partial charge in [0.05, 0.1) is 20.3 Å². The molecule has 1 aliphatic rings. The minimum Gasteiger partial charge on any atom is -0.493 e. The van der Waals surface area contributed by atoms with Crippen LogP contribution in [0.25, 0.3) is 0 Å². The fourth-order valence-electron chi connectivity index (χ4n) is 4.66. The van der Waals surface area contributed by atoms with Crippen LogP contribution >= 0.6 is 11.6 Å². The Morgan fingerprint density at radius 1 is 1.10 bits per heavy atom. The molecule has 2 N–H and O–H groups in total. The molecular formula is C29H36ClFN6O4. The van der Waals surface area contributed by atoms with Crippen LogP contribution in [-0.4, -0.2) is 84.0 Å². The summed E-state index contributed by atoms with van der Waals surface area (Å²) in [5.74, 6) is 0.847. The summed E-state index contributed by atoms with van der Waals surface area (Å²) in [6.45, 7) is 9.11. The van der Waals surface area contributed by atoms with Gasteiger partial charge in [0.2, 0.25) is 5.95 Å². The van der Waals surface area contributed by atoms with Crippen molar-refractivity contribution >= 4 is 35.1 Å². The molecule has 4 rings (SSSR count). The monoisotopic (exact) mass is 586 g/mol. The van der Waals surface area contributed by atoms with Gasteiger partial charge >= 0.3 is 6.09 Å². The quantitative estimate of drug-likeness (QED) is 0.251. The third kappa shape index (κ3) is 8.66. The molecule has 1 aliphatic heterocycles. The van der Waals surface area contributed by atoms with Crippen molar-refractivity contribution < 1.29 is 23.8 Å². The average Bonchev–Trinajstić information content (AvgIpc) is 2.97. The van der Waals surface area contributed by atoms with Crippen LogP contribution in [0.3, 0.4) is 0 Å². The average molecular weight is 587 g/mol. The standard InChI is InChI=1S/C29H36ClFN6O4/c1-3-11-35-13-15-36(16-14-35)12-4-17-41-25-8-6-23(19-26(25)40-2)33-28-32-10-9-27(34-28)37(29(38)39)20-21-18-22(30)5-7-24(21)31/h5-10,18-19H,3-4,11-17,20H2,1-2H3,(H,38,39)(H,32,33,34). The highest BCUT2D eigenvalue weighted by atomic mass is 35.5. The Labute approximate surface area is 244 Å². The van der Waals surface area contributed by atoms with Crippen molar-refractivity contribution in [2.24, 2.45) is 0 Å². The molecule has 10 nitrogen and oxygen atoms in total. The molecule has 0 saturated carbocycles. The number of hydrogen-bond donors (Lipinski definition) is 2. The Morgan fingerprint density at radius 3 is 2.56 bits per heavy atom. The smallest absolute Gasteiger partial charge is 0.413 e. The summed E-state index contributed by atoms with van der Waals surface area (Å²) in [5, 5.41) is 13.1. The Bertz CT molecular complexity index is 1310. The number of nitrogens with zero attached hydrogens (tertiary/aromatic N) is 5. The number of nitrogens with one attached hydrogen (secondary N) is 1. The lowest BCUT2D eigenvalue weighted by atomic mass is 10.2. The summed E-state index contributed by atoms with van der Waals surface area (Å²) in [7, 11) is 1.57. The van der Waals surface area contributed by atoms with E-state index in [1.165, 1.54) is 43.4 Å². The van der Waals surface area contributed by atoms with Gasteiger partial charge in [0.15, 0.2) is 11.5 Å². The summed E-state index contributed by atoms with van der Waals surface area (Å²) in [4.78, 5) is 26.4. The van der Waals surface area contributed by atoms with E-state index in [0.717, 1.165) is 44.0 Å². The zero-order chi connectivity index (χ0) is 29.2. The fraction of sp³-hybridized carbons (Fsp3) is 0.414. The van der Waals surface area contributed by atoms with Crippen LogP contribution in [0, 0.1) is 5.82 Å². The minimum absolute atomic E-state index is 0.0769. The number of hydrogen-bond acceptors (Lipinski definition) is 8. The number of halogens is 2. The normalized spacial score (nSPS) is 14.0. The number of benzene rings is 2.